The van der Waals surface area contributed by atoms with Crippen molar-refractivity contribution in [3.63, 3.8) is 0 Å². The lowest BCUT2D eigenvalue weighted by Crippen LogP contribution is -1.89. The Balaban J connectivity index is 1.58. The molecule has 3 aromatic rings. The third-order valence-corrected chi connectivity index (χ3v) is 4.65. The predicted octanol–water partition coefficient (Wildman–Crippen LogP) is 3.73. The number of ether oxygens (including phenoxy) is 1. The summed E-state index contributed by atoms with van der Waals surface area (Å²) in [6.07, 6.45) is 0.618. The van der Waals surface area contributed by atoms with Gasteiger partial charge < -0.3 is 9.15 Å². The minimum Gasteiger partial charge on any atom is -0.497 e. The van der Waals surface area contributed by atoms with Crippen LogP contribution in [0, 0.1) is 6.92 Å². The van der Waals surface area contributed by atoms with Gasteiger partial charge in [-0.1, -0.05) is 23.9 Å². The van der Waals surface area contributed by atoms with Crippen LogP contribution in [-0.2, 0) is 12.2 Å². The van der Waals surface area contributed by atoms with Gasteiger partial charge in [0.25, 0.3) is 5.22 Å². The zero-order valence-corrected chi connectivity index (χ0v) is 13.9. The van der Waals surface area contributed by atoms with Gasteiger partial charge in [-0.2, -0.15) is 0 Å². The highest BCUT2D eigenvalue weighted by Crippen LogP contribution is 2.23. The van der Waals surface area contributed by atoms with Crippen molar-refractivity contribution in [1.29, 1.82) is 0 Å². The van der Waals surface area contributed by atoms with E-state index in [0.29, 0.717) is 17.5 Å². The summed E-state index contributed by atoms with van der Waals surface area (Å²) in [7, 11) is 1.65. The highest BCUT2D eigenvalue weighted by atomic mass is 32.2. The first kappa shape index (κ1) is 15.1. The van der Waals surface area contributed by atoms with Crippen LogP contribution in [0.2, 0.25) is 0 Å². The van der Waals surface area contributed by atoms with Gasteiger partial charge in [0, 0.05) is 11.1 Å². The van der Waals surface area contributed by atoms with Crippen molar-refractivity contribution < 1.29 is 9.15 Å². The molecule has 0 spiro atoms. The van der Waals surface area contributed by atoms with E-state index in [4.69, 9.17) is 9.15 Å². The number of rotatable bonds is 6. The van der Waals surface area contributed by atoms with E-state index in [-0.39, 0.29) is 0 Å². The van der Waals surface area contributed by atoms with Crippen LogP contribution in [0.1, 0.15) is 22.2 Å². The van der Waals surface area contributed by atoms with Gasteiger partial charge in [0.05, 0.1) is 24.2 Å². The predicted molar refractivity (Wildman–Crippen MR) is 86.5 cm³/mol. The van der Waals surface area contributed by atoms with Crippen LogP contribution in [-0.4, -0.2) is 22.3 Å². The average Bonchev–Trinajstić information content (AvgIpc) is 3.15. The average molecular weight is 333 g/mol. The van der Waals surface area contributed by atoms with Crippen LogP contribution in [0.4, 0.5) is 0 Å². The van der Waals surface area contributed by atoms with Gasteiger partial charge in [0.1, 0.15) is 5.75 Å². The van der Waals surface area contributed by atoms with Crippen molar-refractivity contribution in [1.82, 2.24) is 15.2 Å². The van der Waals surface area contributed by atoms with Crippen LogP contribution in [0.15, 0.2) is 39.3 Å². The molecule has 0 fully saturated rings. The van der Waals surface area contributed by atoms with Crippen LogP contribution < -0.4 is 4.74 Å². The number of nitrogens with zero attached hydrogens (tertiary/aromatic N) is 3. The Morgan fingerprint density at radius 1 is 1.23 bits per heavy atom. The van der Waals surface area contributed by atoms with Crippen molar-refractivity contribution in [2.75, 3.05) is 7.11 Å². The summed E-state index contributed by atoms with van der Waals surface area (Å²) in [4.78, 5) is 4.41. The van der Waals surface area contributed by atoms with E-state index in [2.05, 4.69) is 20.6 Å². The molecule has 0 bridgehead atoms. The van der Waals surface area contributed by atoms with Crippen molar-refractivity contribution in [3.05, 3.63) is 51.8 Å². The summed E-state index contributed by atoms with van der Waals surface area (Å²) in [5.74, 6) is 2.19. The molecule has 0 N–H and O–H groups in total. The monoisotopic (exact) mass is 333 g/mol. The molecule has 22 heavy (non-hydrogen) atoms. The quantitative estimate of drug-likeness (QED) is 0.641. The van der Waals surface area contributed by atoms with Gasteiger partial charge in [-0.05, 0) is 24.6 Å². The highest BCUT2D eigenvalue weighted by molar-refractivity contribution is 7.98. The van der Waals surface area contributed by atoms with Crippen LogP contribution >= 0.6 is 23.1 Å². The Kier molecular flexibility index (Phi) is 4.74. The molecule has 5 nitrogen and oxygen atoms in total. The third-order valence-electron chi connectivity index (χ3n) is 2.97. The molecular formula is C15H15N3O2S2. The van der Waals surface area contributed by atoms with E-state index in [1.54, 1.807) is 18.4 Å². The summed E-state index contributed by atoms with van der Waals surface area (Å²) < 4.78 is 10.8. The first-order chi connectivity index (χ1) is 10.7. The van der Waals surface area contributed by atoms with E-state index >= 15 is 0 Å². The zero-order valence-electron chi connectivity index (χ0n) is 12.3. The molecule has 0 aliphatic heterocycles. The fourth-order valence-electron chi connectivity index (χ4n) is 1.90. The Morgan fingerprint density at radius 2 is 2.05 bits per heavy atom. The maximum absolute atomic E-state index is 5.66. The molecule has 0 saturated heterocycles. The Labute approximate surface area is 136 Å². The lowest BCUT2D eigenvalue weighted by atomic mass is 10.1. The van der Waals surface area contributed by atoms with E-state index in [9.17, 15) is 0 Å². The fourth-order valence-corrected chi connectivity index (χ4v) is 3.29. The number of hydrogen-bond donors (Lipinski definition) is 0. The summed E-state index contributed by atoms with van der Waals surface area (Å²) >= 11 is 3.16. The van der Waals surface area contributed by atoms with E-state index < -0.39 is 0 Å². The lowest BCUT2D eigenvalue weighted by molar-refractivity contribution is 0.413. The lowest BCUT2D eigenvalue weighted by Gasteiger charge is -2.00. The molecule has 0 aliphatic rings. The number of thiazole rings is 1. The molecule has 114 valence electrons. The van der Waals surface area contributed by atoms with Crippen LogP contribution in [0.5, 0.6) is 5.75 Å². The molecule has 0 unspecified atom stereocenters. The Morgan fingerprint density at radius 3 is 2.73 bits per heavy atom. The van der Waals surface area contributed by atoms with Crippen LogP contribution in [0.3, 0.4) is 0 Å². The summed E-state index contributed by atoms with van der Waals surface area (Å²) in [5.41, 5.74) is 2.15. The van der Waals surface area contributed by atoms with Gasteiger partial charge in [0.15, 0.2) is 0 Å². The SMILES string of the molecule is COc1ccc(Cc2nnc(SCc3csc(C)n3)o2)cc1. The largest absolute Gasteiger partial charge is 0.497 e. The second-order valence-corrected chi connectivity index (χ2v) is 6.62. The van der Waals surface area contributed by atoms with Gasteiger partial charge in [-0.15, -0.1) is 21.5 Å². The second-order valence-electron chi connectivity index (χ2n) is 4.63. The molecule has 0 atom stereocenters. The molecule has 3 rings (SSSR count). The number of thioether (sulfide) groups is 1. The van der Waals surface area contributed by atoms with Gasteiger partial charge in [0.2, 0.25) is 5.89 Å². The number of aromatic nitrogens is 3. The number of aryl methyl sites for hydroxylation is 1. The summed E-state index contributed by atoms with van der Waals surface area (Å²) in [5, 5.41) is 11.9. The Bertz CT molecular complexity index is 737. The van der Waals surface area contributed by atoms with Crippen molar-refractivity contribution >= 4 is 23.1 Å². The number of methoxy groups -OCH3 is 1. The molecule has 1 aromatic carbocycles. The second kappa shape index (κ2) is 6.93. The third kappa shape index (κ3) is 3.86. The molecule has 2 aromatic heterocycles. The highest BCUT2D eigenvalue weighted by Gasteiger charge is 2.09. The molecule has 0 amide bonds. The first-order valence-electron chi connectivity index (χ1n) is 6.72. The molecule has 0 aliphatic carbocycles. The first-order valence-corrected chi connectivity index (χ1v) is 8.58. The smallest absolute Gasteiger partial charge is 0.276 e. The summed E-state index contributed by atoms with van der Waals surface area (Å²) in [6, 6.07) is 7.83. The zero-order chi connectivity index (χ0) is 15.4. The molecule has 7 heteroatoms. The normalized spacial score (nSPS) is 10.8. The maximum atomic E-state index is 5.66. The topological polar surface area (TPSA) is 61.0 Å². The maximum Gasteiger partial charge on any atom is 0.276 e. The van der Waals surface area contributed by atoms with Gasteiger partial charge in [-0.3, -0.25) is 0 Å². The molecular weight excluding hydrogens is 318 g/mol. The Hall–Kier alpha value is -1.86. The molecule has 2 heterocycles. The fraction of sp³-hybridized carbons (Fsp3) is 0.267. The molecule has 0 radical (unpaired) electrons. The number of hydrogen-bond acceptors (Lipinski definition) is 7. The molecule has 0 saturated carbocycles. The standard InChI is InChI=1S/C15H15N3O2S2/c1-10-16-12(8-21-10)9-22-15-18-17-14(20-15)7-11-3-5-13(19-2)6-4-11/h3-6,8H,7,9H2,1-2H3. The van der Waals surface area contributed by atoms with E-state index in [0.717, 1.165) is 27.8 Å². The number of benzene rings is 1. The summed E-state index contributed by atoms with van der Waals surface area (Å²) in [6.45, 7) is 2.00. The van der Waals surface area contributed by atoms with E-state index in [1.165, 1.54) is 11.8 Å². The van der Waals surface area contributed by atoms with Gasteiger partial charge in [-0.25, -0.2) is 4.98 Å². The minimum atomic E-state index is 0.578. The van der Waals surface area contributed by atoms with Crippen molar-refractivity contribution in [2.45, 2.75) is 24.3 Å². The van der Waals surface area contributed by atoms with E-state index in [1.807, 2.05) is 31.2 Å². The minimum absolute atomic E-state index is 0.578. The van der Waals surface area contributed by atoms with Crippen molar-refractivity contribution in [3.8, 4) is 5.75 Å². The van der Waals surface area contributed by atoms with Crippen molar-refractivity contribution in [2.24, 2.45) is 0 Å². The van der Waals surface area contributed by atoms with Crippen LogP contribution in [0.25, 0.3) is 0 Å². The van der Waals surface area contributed by atoms with Gasteiger partial charge >= 0.3 is 0 Å².